The van der Waals surface area contributed by atoms with Gasteiger partial charge in [-0.25, -0.2) is 17.6 Å². The molecule has 14 nitrogen and oxygen atoms in total. The average Bonchev–Trinajstić information content (AvgIpc) is 3.93. The van der Waals surface area contributed by atoms with Crippen molar-refractivity contribution in [3.63, 3.8) is 0 Å². The van der Waals surface area contributed by atoms with E-state index in [1.807, 2.05) is 0 Å². The smallest absolute Gasteiger partial charge is 0.410 e. The Bertz CT molecular complexity index is 1680. The number of halogens is 1. The van der Waals surface area contributed by atoms with Crippen molar-refractivity contribution < 1.29 is 51.0 Å². The first-order valence-corrected chi connectivity index (χ1v) is 19.3. The number of fused-ring (bicyclic) bond motifs is 3. The van der Waals surface area contributed by atoms with Gasteiger partial charge in [0.15, 0.2) is 0 Å². The van der Waals surface area contributed by atoms with E-state index in [4.69, 9.17) is 14.2 Å². The van der Waals surface area contributed by atoms with Crippen molar-refractivity contribution in [3.8, 4) is 0 Å². The number of hydrogen-bond donors (Lipinski definition) is 2. The Morgan fingerprint density at radius 1 is 1.08 bits per heavy atom. The third-order valence-corrected chi connectivity index (χ3v) is 12.1. The molecule has 4 fully saturated rings. The fourth-order valence-electron chi connectivity index (χ4n) is 7.31. The number of hydrogen-bond acceptors (Lipinski definition) is 10. The van der Waals surface area contributed by atoms with Gasteiger partial charge in [-0.15, -0.1) is 0 Å². The Labute approximate surface area is 297 Å². The topological polar surface area (TPSA) is 178 Å². The summed E-state index contributed by atoms with van der Waals surface area (Å²) in [7, 11) is -3.91. The van der Waals surface area contributed by atoms with Crippen LogP contribution in [-0.4, -0.2) is 96.3 Å². The highest BCUT2D eigenvalue weighted by Crippen LogP contribution is 2.48. The molecule has 0 radical (unpaired) electrons. The second-order valence-electron chi connectivity index (χ2n) is 15.4. The number of carbonyl (C=O) groups excluding carboxylic acids is 5. The van der Waals surface area contributed by atoms with E-state index in [1.54, 1.807) is 32.9 Å². The molecule has 5 aliphatic rings. The minimum Gasteiger partial charge on any atom is -0.460 e. The van der Waals surface area contributed by atoms with E-state index in [0.29, 0.717) is 49.8 Å². The number of rotatable bonds is 6. The van der Waals surface area contributed by atoms with Gasteiger partial charge in [0.2, 0.25) is 21.8 Å². The molecule has 4 amide bonds. The predicted molar refractivity (Wildman–Crippen MR) is 178 cm³/mol. The molecule has 2 saturated heterocycles. The third-order valence-electron chi connectivity index (χ3n) is 10.2. The first kappa shape index (κ1) is 37.0. The van der Waals surface area contributed by atoms with Gasteiger partial charge < -0.3 is 24.4 Å². The van der Waals surface area contributed by atoms with Crippen LogP contribution in [0.4, 0.5) is 9.18 Å². The van der Waals surface area contributed by atoms with Crippen molar-refractivity contribution >= 4 is 39.8 Å². The van der Waals surface area contributed by atoms with E-state index < -0.39 is 80.1 Å². The number of ether oxygens (including phenoxy) is 3. The molecule has 0 aromatic heterocycles. The molecule has 51 heavy (non-hydrogen) atoms. The molecule has 2 saturated carbocycles. The number of nitrogens with zero attached hydrogens (tertiary/aromatic N) is 2. The normalized spacial score (nSPS) is 28.7. The SMILES string of the molecule is CC(C)(C)OC(=O)C[C@H]1CCOCCCC[C@@H]2C[C@@]2(C(=O)NS(=O)(=O)C2CC2)NC(=O)[C@@H]2C[C@@H](OC(=O)N3Cc4cccc(F)c4C3)CN2C1=O. The summed E-state index contributed by atoms with van der Waals surface area (Å²) in [6.07, 6.45) is 1.04. The Morgan fingerprint density at radius 2 is 1.84 bits per heavy atom. The largest absolute Gasteiger partial charge is 0.460 e. The molecule has 0 spiro atoms. The molecular weight excluding hydrogens is 687 g/mol. The van der Waals surface area contributed by atoms with E-state index in [2.05, 4.69) is 10.0 Å². The summed E-state index contributed by atoms with van der Waals surface area (Å²) in [6.45, 7) is 5.64. The van der Waals surface area contributed by atoms with E-state index in [1.165, 1.54) is 15.9 Å². The van der Waals surface area contributed by atoms with Crippen molar-refractivity contribution in [2.45, 2.75) is 120 Å². The summed E-state index contributed by atoms with van der Waals surface area (Å²) < 4.78 is 59.2. The van der Waals surface area contributed by atoms with Crippen LogP contribution < -0.4 is 10.0 Å². The third kappa shape index (κ3) is 8.48. The molecule has 3 heterocycles. The van der Waals surface area contributed by atoms with Crippen LogP contribution in [0.15, 0.2) is 18.2 Å². The number of carbonyl (C=O) groups is 5. The first-order valence-electron chi connectivity index (χ1n) is 17.8. The maximum atomic E-state index is 14.4. The zero-order valence-electron chi connectivity index (χ0n) is 29.3. The van der Waals surface area contributed by atoms with Crippen molar-refractivity contribution in [1.29, 1.82) is 0 Å². The van der Waals surface area contributed by atoms with E-state index >= 15 is 0 Å². The highest BCUT2D eigenvalue weighted by atomic mass is 32.2. The first-order chi connectivity index (χ1) is 24.1. The molecule has 1 aromatic rings. The minimum absolute atomic E-state index is 0.000860. The molecule has 1 aromatic carbocycles. The van der Waals surface area contributed by atoms with Crippen LogP contribution >= 0.6 is 0 Å². The lowest BCUT2D eigenvalue weighted by molar-refractivity contribution is -0.159. The van der Waals surface area contributed by atoms with Gasteiger partial charge in [-0.05, 0) is 76.8 Å². The number of esters is 1. The Balaban J connectivity index is 1.24. The number of benzene rings is 1. The van der Waals surface area contributed by atoms with E-state index in [0.717, 1.165) is 0 Å². The summed E-state index contributed by atoms with van der Waals surface area (Å²) >= 11 is 0. The van der Waals surface area contributed by atoms with Gasteiger partial charge in [0.25, 0.3) is 5.91 Å². The fraction of sp³-hybridized carbons (Fsp3) is 0.686. The van der Waals surface area contributed by atoms with Gasteiger partial charge in [-0.1, -0.05) is 18.6 Å². The van der Waals surface area contributed by atoms with Gasteiger partial charge in [0.1, 0.15) is 29.1 Å². The van der Waals surface area contributed by atoms with Crippen LogP contribution in [0.25, 0.3) is 0 Å². The van der Waals surface area contributed by atoms with Crippen molar-refractivity contribution in [2.24, 2.45) is 11.8 Å². The van der Waals surface area contributed by atoms with Gasteiger partial charge in [-0.2, -0.15) is 0 Å². The standard InChI is InChI=1S/C35H47FN4O10S/c1-34(2,3)50-29(41)15-21-12-14-48-13-5-4-8-23-17-35(23,32(44)38-51(46,47)25-10-11-25)37-30(42)28-16-24(19-40(28)31(21)43)49-33(45)39-18-22-7-6-9-27(36)26(22)20-39/h6-7,9,21,23-25,28H,4-5,8,10-20H2,1-3H3,(H,37,42)(H,38,44)/t21-,23-,24-,28+,35-/m1/s1. The molecule has 6 rings (SSSR count). The van der Waals surface area contributed by atoms with Crippen molar-refractivity contribution in [1.82, 2.24) is 19.8 Å². The maximum Gasteiger partial charge on any atom is 0.410 e. The molecule has 280 valence electrons. The molecule has 0 unspecified atom stereocenters. The number of amides is 4. The monoisotopic (exact) mass is 734 g/mol. The zero-order chi connectivity index (χ0) is 36.7. The van der Waals surface area contributed by atoms with Crippen LogP contribution in [0.2, 0.25) is 0 Å². The van der Waals surface area contributed by atoms with Crippen LogP contribution in [-0.2, 0) is 56.5 Å². The Hall–Kier alpha value is -3.79. The zero-order valence-corrected chi connectivity index (χ0v) is 30.1. The van der Waals surface area contributed by atoms with Crippen LogP contribution in [0.1, 0.15) is 89.7 Å². The van der Waals surface area contributed by atoms with E-state index in [9.17, 15) is 36.8 Å². The summed E-state index contributed by atoms with van der Waals surface area (Å²) in [4.78, 5) is 71.0. The second kappa shape index (κ2) is 14.3. The Morgan fingerprint density at radius 3 is 2.55 bits per heavy atom. The summed E-state index contributed by atoms with van der Waals surface area (Å²) in [5.74, 6) is -4.35. The van der Waals surface area contributed by atoms with Crippen molar-refractivity contribution in [3.05, 3.63) is 35.1 Å². The molecule has 3 aliphatic heterocycles. The molecular formula is C35H47FN4O10S. The number of sulfonamides is 1. The molecule has 2 aliphatic carbocycles. The Kier molecular flexibility index (Phi) is 10.4. The predicted octanol–water partition coefficient (Wildman–Crippen LogP) is 2.67. The quantitative estimate of drug-likeness (QED) is 0.413. The second-order valence-corrected chi connectivity index (χ2v) is 17.4. The summed E-state index contributed by atoms with van der Waals surface area (Å²) in [5.41, 5.74) is -1.25. The molecule has 2 N–H and O–H groups in total. The molecule has 0 bridgehead atoms. The van der Waals surface area contributed by atoms with E-state index in [-0.39, 0.29) is 57.8 Å². The van der Waals surface area contributed by atoms with Gasteiger partial charge in [0.05, 0.1) is 30.7 Å². The molecule has 16 heteroatoms. The average molecular weight is 735 g/mol. The van der Waals surface area contributed by atoms with Gasteiger partial charge >= 0.3 is 12.1 Å². The fourth-order valence-corrected chi connectivity index (χ4v) is 8.67. The maximum absolute atomic E-state index is 14.4. The highest BCUT2D eigenvalue weighted by Gasteiger charge is 2.62. The van der Waals surface area contributed by atoms with Crippen LogP contribution in [0, 0.1) is 17.7 Å². The van der Waals surface area contributed by atoms with Gasteiger partial charge in [-0.3, -0.25) is 28.8 Å². The lowest BCUT2D eigenvalue weighted by atomic mass is 9.99. The van der Waals surface area contributed by atoms with Crippen LogP contribution in [0.5, 0.6) is 0 Å². The summed E-state index contributed by atoms with van der Waals surface area (Å²) in [6, 6.07) is 3.40. The summed E-state index contributed by atoms with van der Waals surface area (Å²) in [5, 5.41) is 2.17. The lowest BCUT2D eigenvalue weighted by Crippen LogP contribution is -2.57. The highest BCUT2D eigenvalue weighted by molar-refractivity contribution is 7.91. The van der Waals surface area contributed by atoms with Crippen molar-refractivity contribution in [2.75, 3.05) is 19.8 Å². The molecule has 5 atom stereocenters. The lowest BCUT2D eigenvalue weighted by Gasteiger charge is -2.30. The van der Waals surface area contributed by atoms with Gasteiger partial charge in [0, 0.05) is 31.7 Å². The number of nitrogens with one attached hydrogen (secondary N) is 2. The van der Waals surface area contributed by atoms with Crippen LogP contribution in [0.3, 0.4) is 0 Å². The minimum atomic E-state index is -3.91.